The molecule has 2 amide bonds. The zero-order valence-corrected chi connectivity index (χ0v) is 14.2. The van der Waals surface area contributed by atoms with Crippen LogP contribution in [0, 0.1) is 5.21 Å². The highest BCUT2D eigenvalue weighted by molar-refractivity contribution is 7.48. The fourth-order valence-corrected chi connectivity index (χ4v) is 2.69. The molecule has 1 aromatic carbocycles. The van der Waals surface area contributed by atoms with E-state index in [1.54, 1.807) is 24.3 Å². The highest BCUT2D eigenvalue weighted by atomic mass is 31.2. The van der Waals surface area contributed by atoms with E-state index in [1.165, 1.54) is 0 Å². The maximum absolute atomic E-state index is 12.1. The summed E-state index contributed by atoms with van der Waals surface area (Å²) in [6.07, 6.45) is -0.375. The number of benzene rings is 1. The molecule has 134 valence electrons. The first-order valence-electron chi connectivity index (χ1n) is 7.56. The molecule has 0 bridgehead atoms. The molecule has 0 heterocycles. The van der Waals surface area contributed by atoms with Gasteiger partial charge in [0.2, 0.25) is 11.8 Å². The zero-order chi connectivity index (χ0) is 18.2. The number of rotatable bonds is 9. The Bertz CT molecular complexity index is 589. The van der Waals surface area contributed by atoms with E-state index in [0.717, 1.165) is 5.56 Å². The van der Waals surface area contributed by atoms with E-state index in [-0.39, 0.29) is 17.4 Å². The molecular weight excluding hydrogens is 335 g/mol. The maximum atomic E-state index is 12.1. The number of nitrogens with zero attached hydrogens (tertiary/aromatic N) is 1. The van der Waals surface area contributed by atoms with E-state index < -0.39 is 38.7 Å². The van der Waals surface area contributed by atoms with Crippen molar-refractivity contribution in [2.24, 2.45) is 0 Å². The lowest BCUT2D eigenvalue weighted by Crippen LogP contribution is -2.39. The smallest absolute Gasteiger partial charge is 0.231 e. The Hall–Kier alpha value is -1.73. The molecule has 8 nitrogen and oxygen atoms in total. The van der Waals surface area contributed by atoms with Gasteiger partial charge in [0.05, 0.1) is 12.5 Å². The van der Waals surface area contributed by atoms with Crippen LogP contribution in [0.2, 0.25) is 0 Å². The summed E-state index contributed by atoms with van der Waals surface area (Å²) in [5.74, 6) is -1.68. The van der Waals surface area contributed by atoms with Gasteiger partial charge < -0.3 is 29.9 Å². The number of hydrogen-bond acceptors (Lipinski definition) is 6. The van der Waals surface area contributed by atoms with Gasteiger partial charge in [0, 0.05) is 6.54 Å². The van der Waals surface area contributed by atoms with Crippen molar-refractivity contribution >= 4 is 19.4 Å². The van der Waals surface area contributed by atoms with Gasteiger partial charge in [-0.3, -0.25) is 9.59 Å². The summed E-state index contributed by atoms with van der Waals surface area (Å²) < 4.78 is 10.5. The van der Waals surface area contributed by atoms with Gasteiger partial charge in [-0.15, -0.1) is 0 Å². The quantitative estimate of drug-likeness (QED) is 0.486. The fraction of sp³-hybridized carbons (Fsp3) is 0.467. The Morgan fingerprint density at radius 1 is 1.25 bits per heavy atom. The van der Waals surface area contributed by atoms with E-state index in [9.17, 15) is 29.1 Å². The van der Waals surface area contributed by atoms with Crippen molar-refractivity contribution in [2.75, 3.05) is 19.3 Å². The summed E-state index contributed by atoms with van der Waals surface area (Å²) >= 11 is 0. The first-order chi connectivity index (χ1) is 11.2. The molecule has 0 aliphatic heterocycles. The van der Waals surface area contributed by atoms with E-state index in [0.29, 0.717) is 6.42 Å². The molecule has 1 N–H and O–H groups in total. The topological polar surface area (TPSA) is 136 Å². The van der Waals surface area contributed by atoms with Crippen molar-refractivity contribution in [1.29, 1.82) is 0 Å². The summed E-state index contributed by atoms with van der Waals surface area (Å²) in [5.41, 5.74) is 0.811. The second-order valence-corrected chi connectivity index (χ2v) is 6.94. The van der Waals surface area contributed by atoms with Gasteiger partial charge in [-0.2, -0.15) is 0 Å². The van der Waals surface area contributed by atoms with Crippen molar-refractivity contribution in [3.63, 3.8) is 0 Å². The molecule has 0 fully saturated rings. The molecule has 24 heavy (non-hydrogen) atoms. The molecule has 0 spiro atoms. The van der Waals surface area contributed by atoms with Crippen LogP contribution in [0.1, 0.15) is 31.2 Å². The fourth-order valence-electron chi connectivity index (χ4n) is 2.16. The average Bonchev–Trinajstić information content (AvgIpc) is 2.53. The summed E-state index contributed by atoms with van der Waals surface area (Å²) in [7, 11) is -4.68. The average molecular weight is 355 g/mol. The first-order valence-corrected chi connectivity index (χ1v) is 9.28. The lowest BCUT2D eigenvalue weighted by molar-refractivity contribution is -0.313. The van der Waals surface area contributed by atoms with Gasteiger partial charge in [-0.05, 0) is 24.6 Å². The summed E-state index contributed by atoms with van der Waals surface area (Å²) in [4.78, 5) is 44.7. The Morgan fingerprint density at radius 3 is 2.42 bits per heavy atom. The van der Waals surface area contributed by atoms with Crippen molar-refractivity contribution < 1.29 is 23.9 Å². The standard InChI is InChI=1S/C15H22N2O6P/c1-2-13(12-7-4-3-5-8-12)15(19)16-11-14(18)17(20)9-6-10-24(21,22)23/h3-5,7-8,13H,2,6,9-11H2,1H3,(H,16,19)(H2,21,22,23)/q-1/p-2. The number of hydrogen-bond donors (Lipinski definition) is 1. The monoisotopic (exact) mass is 355 g/mol. The molecular formula is C15H20N2O6P-3. The van der Waals surface area contributed by atoms with E-state index >= 15 is 0 Å². The van der Waals surface area contributed by atoms with Crippen LogP contribution in [0.15, 0.2) is 30.3 Å². The molecule has 0 radical (unpaired) electrons. The minimum absolute atomic E-state index is 0.0550. The lowest BCUT2D eigenvalue weighted by atomic mass is 9.96. The number of carbonyl (C=O) groups is 2. The first kappa shape index (κ1) is 20.3. The van der Waals surface area contributed by atoms with Gasteiger partial charge in [0.15, 0.2) is 0 Å². The summed E-state index contributed by atoms with van der Waals surface area (Å²) in [5, 5.41) is 13.9. The molecule has 1 atom stereocenters. The van der Waals surface area contributed by atoms with Crippen LogP contribution in [-0.2, 0) is 14.2 Å². The maximum Gasteiger partial charge on any atom is 0.231 e. The second kappa shape index (κ2) is 9.54. The van der Waals surface area contributed by atoms with E-state index in [4.69, 9.17) is 0 Å². The second-order valence-electron chi connectivity index (χ2n) is 5.27. The van der Waals surface area contributed by atoms with Crippen LogP contribution in [0.25, 0.3) is 0 Å². The van der Waals surface area contributed by atoms with Gasteiger partial charge in [-0.25, -0.2) is 0 Å². The molecule has 0 saturated heterocycles. The minimum Gasteiger partial charge on any atom is -0.811 e. The van der Waals surface area contributed by atoms with Gasteiger partial charge in [-0.1, -0.05) is 44.9 Å². The van der Waals surface area contributed by atoms with Crippen molar-refractivity contribution in [3.05, 3.63) is 41.1 Å². The third-order valence-electron chi connectivity index (χ3n) is 3.41. The predicted octanol–water partition coefficient (Wildman–Crippen LogP) is -0.0734. The molecule has 1 rings (SSSR count). The van der Waals surface area contributed by atoms with E-state index in [2.05, 4.69) is 5.32 Å². The predicted molar refractivity (Wildman–Crippen MR) is 84.7 cm³/mol. The molecule has 1 aromatic rings. The third kappa shape index (κ3) is 7.23. The van der Waals surface area contributed by atoms with Gasteiger partial charge >= 0.3 is 0 Å². The highest BCUT2D eigenvalue weighted by Crippen LogP contribution is 2.23. The normalized spacial score (nSPS) is 12.5. The van der Waals surface area contributed by atoms with Crippen LogP contribution in [0.3, 0.4) is 0 Å². The largest absolute Gasteiger partial charge is 0.811 e. The number of hydroxylamine groups is 2. The van der Waals surface area contributed by atoms with Gasteiger partial charge in [0.1, 0.15) is 0 Å². The number of amides is 2. The number of nitrogens with one attached hydrogen (secondary N) is 1. The van der Waals surface area contributed by atoms with Crippen LogP contribution in [0.5, 0.6) is 0 Å². The molecule has 0 aliphatic carbocycles. The van der Waals surface area contributed by atoms with Crippen molar-refractivity contribution in [2.45, 2.75) is 25.7 Å². The van der Waals surface area contributed by atoms with Crippen LogP contribution >= 0.6 is 7.60 Å². The zero-order valence-electron chi connectivity index (χ0n) is 13.3. The summed E-state index contributed by atoms with van der Waals surface area (Å²) in [6.45, 7) is 0.959. The summed E-state index contributed by atoms with van der Waals surface area (Å²) in [6, 6.07) is 9.05. The van der Waals surface area contributed by atoms with Gasteiger partial charge in [0.25, 0.3) is 0 Å². The van der Waals surface area contributed by atoms with Crippen LogP contribution in [-0.4, -0.2) is 36.1 Å². The molecule has 0 saturated carbocycles. The Kier molecular flexibility index (Phi) is 8.07. The number of carbonyl (C=O) groups excluding carboxylic acids is 2. The van der Waals surface area contributed by atoms with Crippen LogP contribution in [0.4, 0.5) is 0 Å². The van der Waals surface area contributed by atoms with Crippen molar-refractivity contribution in [1.82, 2.24) is 10.4 Å². The Morgan fingerprint density at radius 2 is 1.88 bits per heavy atom. The molecule has 0 aliphatic rings. The minimum atomic E-state index is -4.68. The highest BCUT2D eigenvalue weighted by Gasteiger charge is 2.19. The lowest BCUT2D eigenvalue weighted by Gasteiger charge is -2.33. The molecule has 0 aromatic heterocycles. The molecule has 9 heteroatoms. The van der Waals surface area contributed by atoms with Crippen LogP contribution < -0.4 is 15.1 Å². The molecule has 1 unspecified atom stereocenters. The Labute approximate surface area is 140 Å². The SMILES string of the molecule is CCC(C(=O)NCC(=O)N([O-])CCCP(=O)([O-])[O-])c1ccccc1. The van der Waals surface area contributed by atoms with Crippen molar-refractivity contribution in [3.8, 4) is 0 Å². The third-order valence-corrected chi connectivity index (χ3v) is 4.28. The van der Waals surface area contributed by atoms with E-state index in [1.807, 2.05) is 13.0 Å². The Balaban J connectivity index is 2.44.